The largest absolute Gasteiger partial charge is 0.490 e. The minimum atomic E-state index is -3.66. The summed E-state index contributed by atoms with van der Waals surface area (Å²) in [5, 5.41) is 4.64. The third-order valence-corrected chi connectivity index (χ3v) is 7.93. The number of thiophene rings is 1. The molecule has 0 unspecified atom stereocenters. The first-order chi connectivity index (χ1) is 13.9. The van der Waals surface area contributed by atoms with Crippen LogP contribution >= 0.6 is 11.3 Å². The molecule has 29 heavy (non-hydrogen) atoms. The summed E-state index contributed by atoms with van der Waals surface area (Å²) in [5.74, 6) is 0.984. The number of nitrogens with one attached hydrogen (secondary N) is 1. The number of likely N-dealkylation sites (N-methyl/N-ethyl adjacent to an activating group) is 1. The first-order valence-corrected chi connectivity index (χ1v) is 11.9. The second-order valence-electron chi connectivity index (χ2n) is 6.83. The van der Waals surface area contributed by atoms with E-state index in [1.54, 1.807) is 11.4 Å². The molecule has 1 saturated carbocycles. The van der Waals surface area contributed by atoms with Gasteiger partial charge in [-0.15, -0.1) is 11.3 Å². The van der Waals surface area contributed by atoms with Crippen molar-refractivity contribution in [1.82, 2.24) is 9.62 Å². The van der Waals surface area contributed by atoms with Crippen LogP contribution in [-0.4, -0.2) is 51.0 Å². The molecule has 1 heterocycles. The highest BCUT2D eigenvalue weighted by Crippen LogP contribution is 2.31. The lowest BCUT2D eigenvalue weighted by molar-refractivity contribution is -0.122. The van der Waals surface area contributed by atoms with Gasteiger partial charge in [-0.1, -0.05) is 18.2 Å². The average Bonchev–Trinajstić information content (AvgIpc) is 3.36. The number of ether oxygens (including phenoxy) is 2. The molecule has 1 aliphatic carbocycles. The van der Waals surface area contributed by atoms with Gasteiger partial charge in [-0.3, -0.25) is 4.79 Å². The molecule has 1 aliphatic rings. The highest BCUT2D eigenvalue weighted by Gasteiger charge is 2.32. The molecule has 2 aromatic rings. The Kier molecular flexibility index (Phi) is 7.15. The lowest BCUT2D eigenvalue weighted by atomic mass is 10.2. The van der Waals surface area contributed by atoms with Gasteiger partial charge in [-0.25, -0.2) is 8.42 Å². The van der Waals surface area contributed by atoms with Gasteiger partial charge in [0.15, 0.2) is 11.5 Å². The summed E-state index contributed by atoms with van der Waals surface area (Å²) in [6, 6.07) is 10.5. The van der Waals surface area contributed by atoms with Crippen LogP contribution in [0.3, 0.4) is 0 Å². The zero-order valence-electron chi connectivity index (χ0n) is 16.5. The van der Waals surface area contributed by atoms with E-state index in [4.69, 9.17) is 9.47 Å². The van der Waals surface area contributed by atoms with Gasteiger partial charge in [0.05, 0.1) is 19.2 Å². The fourth-order valence-corrected chi connectivity index (χ4v) is 5.65. The summed E-state index contributed by atoms with van der Waals surface area (Å²) in [7, 11) is -2.24. The maximum Gasteiger partial charge on any atom is 0.252 e. The van der Waals surface area contributed by atoms with Crippen molar-refractivity contribution < 1.29 is 22.7 Å². The summed E-state index contributed by atoms with van der Waals surface area (Å²) in [5.41, 5.74) is 0. The predicted molar refractivity (Wildman–Crippen MR) is 112 cm³/mol. The number of hydrogen-bond acceptors (Lipinski definition) is 6. The Morgan fingerprint density at radius 2 is 1.97 bits per heavy atom. The van der Waals surface area contributed by atoms with Crippen molar-refractivity contribution in [3.8, 4) is 11.5 Å². The summed E-state index contributed by atoms with van der Waals surface area (Å²) < 4.78 is 38.0. The molecule has 1 N–H and O–H groups in total. The molecule has 2 atom stereocenters. The molecule has 3 rings (SSSR count). The normalized spacial score (nSPS) is 19.3. The van der Waals surface area contributed by atoms with Crippen molar-refractivity contribution in [2.24, 2.45) is 0 Å². The second kappa shape index (κ2) is 9.60. The molecule has 0 radical (unpaired) electrons. The first-order valence-electron chi connectivity index (χ1n) is 9.59. The molecular weight excluding hydrogens is 412 g/mol. The van der Waals surface area contributed by atoms with Crippen molar-refractivity contribution in [2.45, 2.75) is 42.5 Å². The third kappa shape index (κ3) is 5.29. The Labute approximate surface area is 175 Å². The van der Waals surface area contributed by atoms with E-state index < -0.39 is 10.0 Å². The van der Waals surface area contributed by atoms with E-state index in [0.717, 1.165) is 34.9 Å². The van der Waals surface area contributed by atoms with Crippen LogP contribution in [-0.2, 0) is 14.8 Å². The van der Waals surface area contributed by atoms with Crippen LogP contribution in [0.15, 0.2) is 46.0 Å². The smallest absolute Gasteiger partial charge is 0.252 e. The van der Waals surface area contributed by atoms with Crippen molar-refractivity contribution in [3.05, 3.63) is 41.8 Å². The third-order valence-electron chi connectivity index (χ3n) is 4.75. The Morgan fingerprint density at radius 1 is 1.21 bits per heavy atom. The van der Waals surface area contributed by atoms with Gasteiger partial charge in [-0.2, -0.15) is 4.31 Å². The van der Waals surface area contributed by atoms with Crippen LogP contribution in [0.5, 0.6) is 11.5 Å². The molecular formula is C20H26N2O5S2. The van der Waals surface area contributed by atoms with Crippen LogP contribution in [0, 0.1) is 0 Å². The molecule has 1 amide bonds. The number of carbonyl (C=O) groups excluding carboxylic acids is 1. The van der Waals surface area contributed by atoms with Crippen LogP contribution in [0.4, 0.5) is 0 Å². The van der Waals surface area contributed by atoms with Crippen LogP contribution in [0.2, 0.25) is 0 Å². The highest BCUT2D eigenvalue weighted by atomic mass is 32.2. The first kappa shape index (κ1) is 21.6. The topological polar surface area (TPSA) is 84.9 Å². The summed E-state index contributed by atoms with van der Waals surface area (Å²) in [6.45, 7) is 2.21. The number of para-hydroxylation sites is 2. The quantitative estimate of drug-likeness (QED) is 0.651. The van der Waals surface area contributed by atoms with E-state index in [2.05, 4.69) is 5.32 Å². The maximum atomic E-state index is 12.5. The van der Waals surface area contributed by atoms with Gasteiger partial charge in [0, 0.05) is 7.05 Å². The van der Waals surface area contributed by atoms with E-state index in [1.807, 2.05) is 31.2 Å². The molecule has 0 aliphatic heterocycles. The van der Waals surface area contributed by atoms with E-state index in [-0.39, 0.29) is 28.8 Å². The van der Waals surface area contributed by atoms with Crippen molar-refractivity contribution in [1.29, 1.82) is 0 Å². The number of benzene rings is 1. The van der Waals surface area contributed by atoms with Gasteiger partial charge in [0.1, 0.15) is 10.3 Å². The van der Waals surface area contributed by atoms with Gasteiger partial charge < -0.3 is 14.8 Å². The summed E-state index contributed by atoms with van der Waals surface area (Å²) >= 11 is 1.13. The zero-order valence-corrected chi connectivity index (χ0v) is 18.2. The van der Waals surface area contributed by atoms with E-state index in [9.17, 15) is 13.2 Å². The lowest BCUT2D eigenvalue weighted by Gasteiger charge is -2.24. The fraction of sp³-hybridized carbons (Fsp3) is 0.450. The Balaban J connectivity index is 1.60. The number of hydrogen-bond donors (Lipinski definition) is 1. The fourth-order valence-electron chi connectivity index (χ4n) is 3.32. The Morgan fingerprint density at radius 3 is 2.66 bits per heavy atom. The Bertz CT molecular complexity index is 915. The van der Waals surface area contributed by atoms with E-state index >= 15 is 0 Å². The van der Waals surface area contributed by atoms with Gasteiger partial charge in [0.25, 0.3) is 10.0 Å². The number of rotatable bonds is 9. The summed E-state index contributed by atoms with van der Waals surface area (Å²) in [4.78, 5) is 12.5. The minimum absolute atomic E-state index is 0.171. The molecule has 158 valence electrons. The average molecular weight is 439 g/mol. The summed E-state index contributed by atoms with van der Waals surface area (Å²) in [6.07, 6.45) is 2.35. The number of nitrogens with zero attached hydrogens (tertiary/aromatic N) is 1. The van der Waals surface area contributed by atoms with E-state index in [0.29, 0.717) is 18.1 Å². The maximum absolute atomic E-state index is 12.5. The standard InChI is InChI=1S/C20H26N2O5S2/c1-3-26-17-9-4-5-10-18(17)27-16-11-6-8-15(16)21-19(23)14-22(2)29(24,25)20-12-7-13-28-20/h4-5,7,9-10,12-13,15-16H,3,6,8,11,14H2,1-2H3,(H,21,23)/t15-,16+/m1/s1. The second-order valence-corrected chi connectivity index (χ2v) is 10.1. The van der Waals surface area contributed by atoms with Crippen LogP contribution in [0.1, 0.15) is 26.2 Å². The van der Waals surface area contributed by atoms with Gasteiger partial charge in [0.2, 0.25) is 5.91 Å². The molecule has 7 nitrogen and oxygen atoms in total. The number of amides is 1. The minimum Gasteiger partial charge on any atom is -0.490 e. The van der Waals surface area contributed by atoms with Crippen LogP contribution in [0.25, 0.3) is 0 Å². The van der Waals surface area contributed by atoms with Crippen molar-refractivity contribution >= 4 is 27.3 Å². The van der Waals surface area contributed by atoms with Crippen molar-refractivity contribution in [2.75, 3.05) is 20.2 Å². The Hall–Kier alpha value is -2.10. The molecule has 0 saturated heterocycles. The van der Waals surface area contributed by atoms with Crippen LogP contribution < -0.4 is 14.8 Å². The number of sulfonamides is 1. The molecule has 1 aromatic heterocycles. The predicted octanol–water partition coefficient (Wildman–Crippen LogP) is 2.88. The highest BCUT2D eigenvalue weighted by molar-refractivity contribution is 7.91. The molecule has 0 bridgehead atoms. The van der Waals surface area contributed by atoms with Gasteiger partial charge >= 0.3 is 0 Å². The van der Waals surface area contributed by atoms with Gasteiger partial charge in [-0.05, 0) is 49.8 Å². The zero-order chi connectivity index (χ0) is 20.9. The monoisotopic (exact) mass is 438 g/mol. The van der Waals surface area contributed by atoms with Crippen molar-refractivity contribution in [3.63, 3.8) is 0 Å². The molecule has 1 fully saturated rings. The van der Waals surface area contributed by atoms with E-state index in [1.165, 1.54) is 13.1 Å². The molecule has 9 heteroatoms. The lowest BCUT2D eigenvalue weighted by Crippen LogP contribution is -2.46. The SMILES string of the molecule is CCOc1ccccc1O[C@H]1CCC[C@H]1NC(=O)CN(C)S(=O)(=O)c1cccs1. The molecule has 1 aromatic carbocycles. The number of carbonyl (C=O) groups is 1. The molecule has 0 spiro atoms.